The van der Waals surface area contributed by atoms with E-state index in [0.29, 0.717) is 6.54 Å². The van der Waals surface area contributed by atoms with Crippen molar-refractivity contribution in [2.24, 2.45) is 4.99 Å². The van der Waals surface area contributed by atoms with E-state index < -0.39 is 0 Å². The van der Waals surface area contributed by atoms with E-state index in [-0.39, 0.29) is 0 Å². The van der Waals surface area contributed by atoms with Gasteiger partial charge in [-0.15, -0.1) is 0 Å². The molecular formula is C39H33N. The van der Waals surface area contributed by atoms with Crippen molar-refractivity contribution in [3.8, 4) is 22.3 Å². The molecule has 1 heteroatoms. The number of hydrogen-bond donors (Lipinski definition) is 0. The molecule has 0 saturated heterocycles. The van der Waals surface area contributed by atoms with Crippen molar-refractivity contribution in [3.05, 3.63) is 193 Å². The van der Waals surface area contributed by atoms with E-state index in [1.54, 1.807) is 6.08 Å². The molecular weight excluding hydrogens is 482 g/mol. The summed E-state index contributed by atoms with van der Waals surface area (Å²) >= 11 is 0. The van der Waals surface area contributed by atoms with E-state index in [0.717, 1.165) is 23.3 Å². The third-order valence-electron chi connectivity index (χ3n) is 6.75. The summed E-state index contributed by atoms with van der Waals surface area (Å²) in [5, 5.41) is 0. The molecule has 0 unspecified atom stereocenters. The SMILES string of the molecule is C=C/C=C\C=C/Cc1cccc(C(=NCc2cccc(-c3ccccc3)c2)c2cccc(-c3ccccc3)c2)c1. The first-order chi connectivity index (χ1) is 19.8. The van der Waals surface area contributed by atoms with Crippen LogP contribution in [0.4, 0.5) is 0 Å². The number of allylic oxidation sites excluding steroid dienone is 5. The first-order valence-corrected chi connectivity index (χ1v) is 13.7. The fourth-order valence-corrected chi connectivity index (χ4v) is 4.75. The summed E-state index contributed by atoms with van der Waals surface area (Å²) in [5.41, 5.74) is 10.5. The molecule has 5 aromatic carbocycles. The van der Waals surface area contributed by atoms with Crippen LogP contribution >= 0.6 is 0 Å². The van der Waals surface area contributed by atoms with Gasteiger partial charge in [-0.25, -0.2) is 0 Å². The highest BCUT2D eigenvalue weighted by Gasteiger charge is 2.10. The molecule has 0 atom stereocenters. The molecule has 0 aliphatic heterocycles. The van der Waals surface area contributed by atoms with Gasteiger partial charge < -0.3 is 0 Å². The Balaban J connectivity index is 1.51. The lowest BCUT2D eigenvalue weighted by Crippen LogP contribution is -2.05. The monoisotopic (exact) mass is 515 g/mol. The van der Waals surface area contributed by atoms with Crippen molar-refractivity contribution in [1.82, 2.24) is 0 Å². The smallest absolute Gasteiger partial charge is 0.0723 e. The summed E-state index contributed by atoms with van der Waals surface area (Å²) in [4.78, 5) is 5.24. The summed E-state index contributed by atoms with van der Waals surface area (Å²) in [6.45, 7) is 4.33. The zero-order chi connectivity index (χ0) is 27.4. The molecule has 0 fully saturated rings. The number of hydrogen-bond acceptors (Lipinski definition) is 1. The largest absolute Gasteiger partial charge is 0.279 e. The van der Waals surface area contributed by atoms with Crippen molar-refractivity contribution in [2.45, 2.75) is 13.0 Å². The number of nitrogens with zero attached hydrogens (tertiary/aromatic N) is 1. The first-order valence-electron chi connectivity index (χ1n) is 13.7. The molecule has 0 N–H and O–H groups in total. The molecule has 0 bridgehead atoms. The molecule has 1 nitrogen and oxygen atoms in total. The van der Waals surface area contributed by atoms with Crippen molar-refractivity contribution >= 4 is 5.71 Å². The van der Waals surface area contributed by atoms with Gasteiger partial charge in [-0.3, -0.25) is 4.99 Å². The van der Waals surface area contributed by atoms with Gasteiger partial charge in [-0.05, 0) is 58.0 Å². The lowest BCUT2D eigenvalue weighted by molar-refractivity contribution is 1.07. The average molecular weight is 516 g/mol. The van der Waals surface area contributed by atoms with E-state index >= 15 is 0 Å². The first kappa shape index (κ1) is 26.6. The van der Waals surface area contributed by atoms with Crippen LogP contribution in [0.15, 0.2) is 175 Å². The minimum atomic E-state index is 0.599. The zero-order valence-corrected chi connectivity index (χ0v) is 22.7. The van der Waals surface area contributed by atoms with Crippen LogP contribution in [0.2, 0.25) is 0 Å². The van der Waals surface area contributed by atoms with Gasteiger partial charge in [-0.2, -0.15) is 0 Å². The molecule has 0 radical (unpaired) electrons. The van der Waals surface area contributed by atoms with Gasteiger partial charge in [0.1, 0.15) is 0 Å². The van der Waals surface area contributed by atoms with Crippen LogP contribution in [0.1, 0.15) is 22.3 Å². The predicted molar refractivity (Wildman–Crippen MR) is 172 cm³/mol. The van der Waals surface area contributed by atoms with Crippen LogP contribution in [-0.2, 0) is 13.0 Å². The van der Waals surface area contributed by atoms with Crippen molar-refractivity contribution < 1.29 is 0 Å². The van der Waals surface area contributed by atoms with Crippen LogP contribution in [0, 0.1) is 0 Å². The molecule has 194 valence electrons. The van der Waals surface area contributed by atoms with Crippen LogP contribution in [0.3, 0.4) is 0 Å². The van der Waals surface area contributed by atoms with Gasteiger partial charge in [0.05, 0.1) is 12.3 Å². The lowest BCUT2D eigenvalue weighted by Gasteiger charge is -2.12. The maximum Gasteiger partial charge on any atom is 0.0723 e. The normalized spacial score (nSPS) is 11.8. The van der Waals surface area contributed by atoms with E-state index in [1.807, 2.05) is 12.2 Å². The van der Waals surface area contributed by atoms with E-state index in [4.69, 9.17) is 4.99 Å². The quantitative estimate of drug-likeness (QED) is 0.130. The predicted octanol–water partition coefficient (Wildman–Crippen LogP) is 9.90. The summed E-state index contributed by atoms with van der Waals surface area (Å²) in [5.74, 6) is 0. The van der Waals surface area contributed by atoms with Crippen molar-refractivity contribution in [2.75, 3.05) is 0 Å². The summed E-state index contributed by atoms with van der Waals surface area (Å²) in [7, 11) is 0. The third-order valence-corrected chi connectivity index (χ3v) is 6.75. The molecule has 0 aromatic heterocycles. The van der Waals surface area contributed by atoms with Gasteiger partial charge in [0.2, 0.25) is 0 Å². The Morgan fingerprint density at radius 3 is 1.80 bits per heavy atom. The Bertz CT molecular complexity index is 1640. The van der Waals surface area contributed by atoms with Gasteiger partial charge >= 0.3 is 0 Å². The standard InChI is InChI=1S/C39H33N/c1-2-3-4-5-8-16-31-17-13-25-37(27-31)39(38-26-15-24-36(29-38)34-21-11-7-12-22-34)40-30-32-18-14-23-35(28-32)33-19-9-6-10-20-33/h2-15,17-29H,1,16,30H2/b4-3-,8-5-,40-39?. The molecule has 5 rings (SSSR count). The fraction of sp³-hybridized carbons (Fsp3) is 0.0513. The van der Waals surface area contributed by atoms with Crippen LogP contribution < -0.4 is 0 Å². The Kier molecular flexibility index (Phi) is 9.10. The van der Waals surface area contributed by atoms with E-state index in [1.165, 1.54) is 33.4 Å². The highest BCUT2D eigenvalue weighted by Crippen LogP contribution is 2.24. The molecule has 0 heterocycles. The fourth-order valence-electron chi connectivity index (χ4n) is 4.75. The topological polar surface area (TPSA) is 12.4 Å². The van der Waals surface area contributed by atoms with Gasteiger partial charge in [-0.1, -0.05) is 152 Å². The molecule has 0 aliphatic rings. The molecule has 0 amide bonds. The van der Waals surface area contributed by atoms with Gasteiger partial charge in [0.15, 0.2) is 0 Å². The average Bonchev–Trinajstić information content (AvgIpc) is 3.02. The minimum Gasteiger partial charge on any atom is -0.279 e. The Hall–Kier alpha value is -5.01. The van der Waals surface area contributed by atoms with Crippen molar-refractivity contribution in [3.63, 3.8) is 0 Å². The second-order valence-corrected chi connectivity index (χ2v) is 9.63. The van der Waals surface area contributed by atoms with Crippen LogP contribution in [0.5, 0.6) is 0 Å². The van der Waals surface area contributed by atoms with Gasteiger partial charge in [0, 0.05) is 11.1 Å². The molecule has 40 heavy (non-hydrogen) atoms. The Morgan fingerprint density at radius 2 is 1.10 bits per heavy atom. The number of aliphatic imine (C=N–C) groups is 1. The lowest BCUT2D eigenvalue weighted by atomic mass is 9.96. The highest BCUT2D eigenvalue weighted by atomic mass is 14.7. The third kappa shape index (κ3) is 7.09. The molecule has 0 aliphatic carbocycles. The second-order valence-electron chi connectivity index (χ2n) is 9.63. The number of rotatable bonds is 10. The van der Waals surface area contributed by atoms with Gasteiger partial charge in [0.25, 0.3) is 0 Å². The molecule has 0 spiro atoms. The Morgan fingerprint density at radius 1 is 0.525 bits per heavy atom. The van der Waals surface area contributed by atoms with Crippen LogP contribution in [0.25, 0.3) is 22.3 Å². The molecule has 5 aromatic rings. The number of benzene rings is 5. The highest BCUT2D eigenvalue weighted by molar-refractivity contribution is 6.13. The van der Waals surface area contributed by atoms with Crippen molar-refractivity contribution in [1.29, 1.82) is 0 Å². The summed E-state index contributed by atoms with van der Waals surface area (Å²) in [6, 6.07) is 47.1. The zero-order valence-electron chi connectivity index (χ0n) is 22.7. The van der Waals surface area contributed by atoms with Crippen LogP contribution in [-0.4, -0.2) is 5.71 Å². The summed E-state index contributed by atoms with van der Waals surface area (Å²) in [6.07, 6.45) is 10.8. The maximum atomic E-state index is 5.24. The minimum absolute atomic E-state index is 0.599. The molecule has 0 saturated carbocycles. The van der Waals surface area contributed by atoms with E-state index in [2.05, 4.69) is 152 Å². The Labute approximate surface area is 238 Å². The summed E-state index contributed by atoms with van der Waals surface area (Å²) < 4.78 is 0. The second kappa shape index (κ2) is 13.7. The van der Waals surface area contributed by atoms with E-state index in [9.17, 15) is 0 Å². The maximum absolute atomic E-state index is 5.24.